The molecule has 1 fully saturated rings. The number of nitrogens with zero attached hydrogens (tertiary/aromatic N) is 2. The number of piperazine rings is 1. The third kappa shape index (κ3) is 5.61. The van der Waals surface area contributed by atoms with Crippen molar-refractivity contribution < 1.29 is 14.6 Å². The first-order valence-electron chi connectivity index (χ1n) is 8.40. The Kier molecular flexibility index (Phi) is 7.02. The van der Waals surface area contributed by atoms with Gasteiger partial charge in [-0.2, -0.15) is 0 Å². The number of β-amino-alcohol motifs (C(OH)–C–C–N with tert-alkyl or cyclic N) is 1. The van der Waals surface area contributed by atoms with Crippen LogP contribution in [0.15, 0.2) is 24.3 Å². The molecule has 1 heterocycles. The van der Waals surface area contributed by atoms with Crippen molar-refractivity contribution in [3.8, 4) is 0 Å². The lowest BCUT2D eigenvalue weighted by atomic mass is 10.1. The van der Waals surface area contributed by atoms with Crippen molar-refractivity contribution in [1.82, 2.24) is 9.80 Å². The van der Waals surface area contributed by atoms with E-state index >= 15 is 0 Å². The fourth-order valence-corrected chi connectivity index (χ4v) is 2.87. The Bertz CT molecular complexity index is 499. The molecule has 0 radical (unpaired) electrons. The van der Waals surface area contributed by atoms with Crippen LogP contribution < -0.4 is 0 Å². The number of rotatable bonds is 7. The fourth-order valence-electron chi connectivity index (χ4n) is 2.87. The molecule has 1 aliphatic rings. The minimum atomic E-state index is -0.454. The van der Waals surface area contributed by atoms with Crippen molar-refractivity contribution in [2.45, 2.75) is 26.4 Å². The van der Waals surface area contributed by atoms with Crippen LogP contribution in [0.4, 0.5) is 0 Å². The first kappa shape index (κ1) is 17.9. The maximum atomic E-state index is 12.4. The third-order valence-corrected chi connectivity index (χ3v) is 4.31. The number of benzene rings is 1. The van der Waals surface area contributed by atoms with Gasteiger partial charge in [-0.15, -0.1) is 0 Å². The summed E-state index contributed by atoms with van der Waals surface area (Å²) in [5.41, 5.74) is 2.27. The van der Waals surface area contributed by atoms with Gasteiger partial charge in [0.1, 0.15) is 0 Å². The van der Waals surface area contributed by atoms with Gasteiger partial charge in [0, 0.05) is 39.3 Å². The first-order chi connectivity index (χ1) is 11.1. The molecule has 1 aromatic rings. The van der Waals surface area contributed by atoms with E-state index in [1.54, 1.807) is 0 Å². The predicted octanol–water partition coefficient (Wildman–Crippen LogP) is 1.08. The summed E-state index contributed by atoms with van der Waals surface area (Å²) < 4.78 is 5.23. The predicted molar refractivity (Wildman–Crippen MR) is 90.4 cm³/mol. The molecule has 0 aromatic heterocycles. The lowest BCUT2D eigenvalue weighted by Crippen LogP contribution is -2.51. The maximum Gasteiger partial charge on any atom is 0.227 e. The second kappa shape index (κ2) is 9.01. The van der Waals surface area contributed by atoms with Gasteiger partial charge in [-0.3, -0.25) is 9.69 Å². The number of amides is 1. The molecule has 1 saturated heterocycles. The average Bonchev–Trinajstić information content (AvgIpc) is 2.55. The number of aliphatic hydroxyl groups is 1. The molecule has 1 atom stereocenters. The van der Waals surface area contributed by atoms with Gasteiger partial charge >= 0.3 is 0 Å². The zero-order valence-corrected chi connectivity index (χ0v) is 14.2. The highest BCUT2D eigenvalue weighted by molar-refractivity contribution is 5.79. The Morgan fingerprint density at radius 3 is 2.61 bits per heavy atom. The Morgan fingerprint density at radius 2 is 1.96 bits per heavy atom. The molecule has 5 nitrogen and oxygen atoms in total. The van der Waals surface area contributed by atoms with Crippen LogP contribution in [-0.2, 0) is 16.0 Å². The van der Waals surface area contributed by atoms with Crippen LogP contribution in [0.2, 0.25) is 0 Å². The van der Waals surface area contributed by atoms with E-state index in [0.29, 0.717) is 26.2 Å². The van der Waals surface area contributed by atoms with Gasteiger partial charge in [-0.05, 0) is 25.0 Å². The molecule has 0 aliphatic carbocycles. The summed E-state index contributed by atoms with van der Waals surface area (Å²) >= 11 is 0. The zero-order valence-electron chi connectivity index (χ0n) is 14.2. The van der Waals surface area contributed by atoms with Gasteiger partial charge in [-0.1, -0.05) is 24.3 Å². The van der Waals surface area contributed by atoms with Crippen molar-refractivity contribution in [3.63, 3.8) is 0 Å². The molecule has 2 rings (SSSR count). The average molecular weight is 320 g/mol. The summed E-state index contributed by atoms with van der Waals surface area (Å²) in [6.45, 7) is 8.65. The monoisotopic (exact) mass is 320 g/mol. The smallest absolute Gasteiger partial charge is 0.227 e. The molecule has 23 heavy (non-hydrogen) atoms. The standard InChI is InChI=1S/C18H28N2O3/c1-3-23-14-17(21)13-19-8-10-20(11-9-19)18(22)12-16-7-5-4-6-15(16)2/h4-7,17,21H,3,8-14H2,1-2H3/t17-/m0/s1. The topological polar surface area (TPSA) is 53.0 Å². The second-order valence-corrected chi connectivity index (χ2v) is 6.10. The number of ether oxygens (including phenoxy) is 1. The molecule has 1 aliphatic heterocycles. The minimum Gasteiger partial charge on any atom is -0.389 e. The Hall–Kier alpha value is -1.43. The molecule has 1 aromatic carbocycles. The van der Waals surface area contributed by atoms with Crippen LogP contribution >= 0.6 is 0 Å². The minimum absolute atomic E-state index is 0.189. The summed E-state index contributed by atoms with van der Waals surface area (Å²) in [5, 5.41) is 9.89. The zero-order chi connectivity index (χ0) is 16.7. The SMILES string of the molecule is CCOC[C@@H](O)CN1CCN(C(=O)Cc2ccccc2C)CC1. The van der Waals surface area contributed by atoms with Gasteiger partial charge < -0.3 is 14.7 Å². The number of carbonyl (C=O) groups is 1. The van der Waals surface area contributed by atoms with E-state index in [2.05, 4.69) is 4.90 Å². The van der Waals surface area contributed by atoms with Crippen molar-refractivity contribution in [1.29, 1.82) is 0 Å². The normalized spacial score (nSPS) is 17.3. The summed E-state index contributed by atoms with van der Waals surface area (Å²) in [6.07, 6.45) is 0.0174. The highest BCUT2D eigenvalue weighted by Gasteiger charge is 2.22. The number of aryl methyl sites for hydroxylation is 1. The van der Waals surface area contributed by atoms with Gasteiger partial charge in [-0.25, -0.2) is 0 Å². The summed E-state index contributed by atoms with van der Waals surface area (Å²) in [4.78, 5) is 16.6. The summed E-state index contributed by atoms with van der Waals surface area (Å²) in [7, 11) is 0. The van der Waals surface area contributed by atoms with E-state index in [1.165, 1.54) is 5.56 Å². The maximum absolute atomic E-state index is 12.4. The molecule has 1 amide bonds. The number of hydrogen-bond donors (Lipinski definition) is 1. The molecule has 0 bridgehead atoms. The highest BCUT2D eigenvalue weighted by atomic mass is 16.5. The molecule has 128 valence electrons. The quantitative estimate of drug-likeness (QED) is 0.817. The fraction of sp³-hybridized carbons (Fsp3) is 0.611. The van der Waals surface area contributed by atoms with Crippen molar-refractivity contribution in [2.24, 2.45) is 0 Å². The van der Waals surface area contributed by atoms with Gasteiger partial charge in [0.25, 0.3) is 0 Å². The van der Waals surface area contributed by atoms with Gasteiger partial charge in [0.2, 0.25) is 5.91 Å². The van der Waals surface area contributed by atoms with Crippen LogP contribution in [-0.4, -0.2) is 72.9 Å². The van der Waals surface area contributed by atoms with Gasteiger partial charge in [0.15, 0.2) is 0 Å². The Balaban J connectivity index is 1.75. The largest absolute Gasteiger partial charge is 0.389 e. The van der Waals surface area contributed by atoms with E-state index in [9.17, 15) is 9.90 Å². The van der Waals surface area contributed by atoms with E-state index < -0.39 is 6.10 Å². The lowest BCUT2D eigenvalue weighted by Gasteiger charge is -2.35. The van der Waals surface area contributed by atoms with Crippen LogP contribution in [0.5, 0.6) is 0 Å². The van der Waals surface area contributed by atoms with E-state index in [4.69, 9.17) is 4.74 Å². The molecule has 5 heteroatoms. The number of carbonyl (C=O) groups excluding carboxylic acids is 1. The molecule has 1 N–H and O–H groups in total. The number of aliphatic hydroxyl groups excluding tert-OH is 1. The third-order valence-electron chi connectivity index (χ3n) is 4.31. The van der Waals surface area contributed by atoms with Crippen LogP contribution in [0.1, 0.15) is 18.1 Å². The van der Waals surface area contributed by atoms with Crippen molar-refractivity contribution in [3.05, 3.63) is 35.4 Å². The summed E-state index contributed by atoms with van der Waals surface area (Å²) in [6, 6.07) is 8.04. The molecular formula is C18H28N2O3. The second-order valence-electron chi connectivity index (χ2n) is 6.10. The van der Waals surface area contributed by atoms with Crippen molar-refractivity contribution in [2.75, 3.05) is 45.9 Å². The lowest BCUT2D eigenvalue weighted by molar-refractivity contribution is -0.132. The molecule has 0 spiro atoms. The van der Waals surface area contributed by atoms with Crippen LogP contribution in [0, 0.1) is 6.92 Å². The van der Waals surface area contributed by atoms with E-state index in [0.717, 1.165) is 31.7 Å². The van der Waals surface area contributed by atoms with Gasteiger partial charge in [0.05, 0.1) is 19.1 Å². The van der Waals surface area contributed by atoms with E-state index in [1.807, 2.05) is 43.0 Å². The van der Waals surface area contributed by atoms with Crippen LogP contribution in [0.3, 0.4) is 0 Å². The molecule has 0 saturated carbocycles. The Labute approximate surface area is 138 Å². The number of hydrogen-bond acceptors (Lipinski definition) is 4. The van der Waals surface area contributed by atoms with Crippen LogP contribution in [0.25, 0.3) is 0 Å². The van der Waals surface area contributed by atoms with Crippen molar-refractivity contribution >= 4 is 5.91 Å². The Morgan fingerprint density at radius 1 is 1.26 bits per heavy atom. The van der Waals surface area contributed by atoms with E-state index in [-0.39, 0.29) is 5.91 Å². The molecule has 0 unspecified atom stereocenters. The highest BCUT2D eigenvalue weighted by Crippen LogP contribution is 2.11. The first-order valence-corrected chi connectivity index (χ1v) is 8.40. The molecular weight excluding hydrogens is 292 g/mol. The summed E-state index contributed by atoms with van der Waals surface area (Å²) in [5.74, 6) is 0.189.